The SMILES string of the molecule is CCC(C)C(CO)NC(=O)Cc1c(C)c2ccc(O)cc2oc1=O. The summed E-state index contributed by atoms with van der Waals surface area (Å²) in [5.74, 6) is -0.186. The van der Waals surface area contributed by atoms with E-state index in [2.05, 4.69) is 5.32 Å². The zero-order valence-electron chi connectivity index (χ0n) is 14.1. The van der Waals surface area contributed by atoms with Crippen LogP contribution in [0.5, 0.6) is 5.75 Å². The van der Waals surface area contributed by atoms with E-state index in [4.69, 9.17) is 4.42 Å². The fourth-order valence-electron chi connectivity index (χ4n) is 2.66. The Kier molecular flexibility index (Phi) is 5.62. The number of fused-ring (bicyclic) bond motifs is 1. The van der Waals surface area contributed by atoms with Crippen LogP contribution in [0.3, 0.4) is 0 Å². The number of aliphatic hydroxyl groups excluding tert-OH is 1. The van der Waals surface area contributed by atoms with Gasteiger partial charge in [0.05, 0.1) is 24.6 Å². The van der Waals surface area contributed by atoms with E-state index < -0.39 is 5.63 Å². The van der Waals surface area contributed by atoms with Gasteiger partial charge in [-0.2, -0.15) is 0 Å². The molecule has 2 aromatic rings. The standard InChI is InChI=1S/C18H23NO5/c1-4-10(2)15(9-20)19-17(22)8-14-11(3)13-6-5-12(21)7-16(13)24-18(14)23/h5-7,10,15,20-21H,4,8-9H2,1-3H3,(H,19,22). The normalized spacial score (nSPS) is 13.7. The molecule has 6 heteroatoms. The lowest BCUT2D eigenvalue weighted by molar-refractivity contribution is -0.121. The smallest absolute Gasteiger partial charge is 0.340 e. The lowest BCUT2D eigenvalue weighted by Gasteiger charge is -2.22. The van der Waals surface area contributed by atoms with Gasteiger partial charge >= 0.3 is 5.63 Å². The molecule has 0 bridgehead atoms. The fraction of sp³-hybridized carbons (Fsp3) is 0.444. The third-order valence-corrected chi connectivity index (χ3v) is 4.48. The predicted molar refractivity (Wildman–Crippen MR) is 91.1 cm³/mol. The Labute approximate surface area is 140 Å². The summed E-state index contributed by atoms with van der Waals surface area (Å²) in [5.41, 5.74) is 0.631. The van der Waals surface area contributed by atoms with E-state index in [9.17, 15) is 19.8 Å². The van der Waals surface area contributed by atoms with Gasteiger partial charge in [0.2, 0.25) is 5.91 Å². The number of amides is 1. The molecule has 0 spiro atoms. The van der Waals surface area contributed by atoms with Crippen LogP contribution in [0, 0.1) is 12.8 Å². The maximum absolute atomic E-state index is 12.3. The van der Waals surface area contributed by atoms with Crippen LogP contribution >= 0.6 is 0 Å². The number of carbonyl (C=O) groups excluding carboxylic acids is 1. The third-order valence-electron chi connectivity index (χ3n) is 4.48. The Morgan fingerprint density at radius 1 is 1.38 bits per heavy atom. The number of aromatic hydroxyl groups is 1. The Bertz CT molecular complexity index is 796. The molecule has 0 saturated heterocycles. The number of aliphatic hydroxyl groups is 1. The summed E-state index contributed by atoms with van der Waals surface area (Å²) in [6.45, 7) is 5.53. The molecule has 1 amide bonds. The minimum absolute atomic E-state index is 0.00915. The molecule has 2 rings (SSSR count). The lowest BCUT2D eigenvalue weighted by Crippen LogP contribution is -2.43. The molecule has 0 aliphatic carbocycles. The Hall–Kier alpha value is -2.34. The molecule has 1 heterocycles. The molecule has 0 saturated carbocycles. The monoisotopic (exact) mass is 333 g/mol. The fourth-order valence-corrected chi connectivity index (χ4v) is 2.66. The van der Waals surface area contributed by atoms with Crippen molar-refractivity contribution in [2.24, 2.45) is 5.92 Å². The van der Waals surface area contributed by atoms with Gasteiger partial charge in [-0.05, 0) is 30.5 Å². The first-order valence-corrected chi connectivity index (χ1v) is 8.02. The summed E-state index contributed by atoms with van der Waals surface area (Å²) < 4.78 is 5.21. The topological polar surface area (TPSA) is 99.8 Å². The Morgan fingerprint density at radius 3 is 2.71 bits per heavy atom. The van der Waals surface area contributed by atoms with Crippen molar-refractivity contribution < 1.29 is 19.4 Å². The number of hydrogen-bond acceptors (Lipinski definition) is 5. The van der Waals surface area contributed by atoms with Gasteiger partial charge in [0.25, 0.3) is 0 Å². The number of aryl methyl sites for hydroxylation is 1. The number of carbonyl (C=O) groups is 1. The molecule has 0 aliphatic rings. The molecule has 0 radical (unpaired) electrons. The summed E-state index contributed by atoms with van der Waals surface area (Å²) in [6.07, 6.45) is 0.712. The van der Waals surface area contributed by atoms with Gasteiger partial charge in [-0.3, -0.25) is 4.79 Å². The number of nitrogens with one attached hydrogen (secondary N) is 1. The summed E-state index contributed by atoms with van der Waals surface area (Å²) >= 11 is 0. The maximum Gasteiger partial charge on any atom is 0.340 e. The molecule has 3 N–H and O–H groups in total. The van der Waals surface area contributed by atoms with Crippen molar-refractivity contribution in [1.29, 1.82) is 0 Å². The van der Waals surface area contributed by atoms with E-state index in [0.29, 0.717) is 10.9 Å². The largest absolute Gasteiger partial charge is 0.508 e. The van der Waals surface area contributed by atoms with Gasteiger partial charge in [-0.1, -0.05) is 20.3 Å². The van der Waals surface area contributed by atoms with E-state index in [1.807, 2.05) is 13.8 Å². The lowest BCUT2D eigenvalue weighted by atomic mass is 9.99. The molecular formula is C18H23NO5. The molecule has 1 aromatic heterocycles. The van der Waals surface area contributed by atoms with E-state index in [-0.39, 0.29) is 47.8 Å². The van der Waals surface area contributed by atoms with Crippen LogP contribution in [0.15, 0.2) is 27.4 Å². The van der Waals surface area contributed by atoms with Gasteiger partial charge in [-0.15, -0.1) is 0 Å². The van der Waals surface area contributed by atoms with Gasteiger partial charge in [0, 0.05) is 11.5 Å². The number of phenolic OH excluding ortho intramolecular Hbond substituents is 1. The number of rotatable bonds is 6. The van der Waals surface area contributed by atoms with E-state index in [0.717, 1.165) is 6.42 Å². The van der Waals surface area contributed by atoms with Gasteiger partial charge < -0.3 is 19.9 Å². The quantitative estimate of drug-likeness (QED) is 0.701. The molecule has 24 heavy (non-hydrogen) atoms. The van der Waals surface area contributed by atoms with Crippen LogP contribution in [-0.4, -0.2) is 28.8 Å². The molecule has 0 aliphatic heterocycles. The van der Waals surface area contributed by atoms with E-state index in [1.165, 1.54) is 12.1 Å². The van der Waals surface area contributed by atoms with E-state index in [1.54, 1.807) is 13.0 Å². The molecule has 6 nitrogen and oxygen atoms in total. The summed E-state index contributed by atoms with van der Waals surface area (Å²) in [4.78, 5) is 24.4. The number of benzene rings is 1. The van der Waals surface area contributed by atoms with Crippen LogP contribution < -0.4 is 10.9 Å². The summed E-state index contributed by atoms with van der Waals surface area (Å²) in [6, 6.07) is 4.19. The van der Waals surface area contributed by atoms with Gasteiger partial charge in [0.1, 0.15) is 11.3 Å². The molecule has 2 atom stereocenters. The summed E-state index contributed by atoms with van der Waals surface area (Å²) in [7, 11) is 0. The Morgan fingerprint density at radius 2 is 2.08 bits per heavy atom. The second-order valence-electron chi connectivity index (χ2n) is 6.09. The predicted octanol–water partition coefficient (Wildman–Crippen LogP) is 1.87. The first-order valence-electron chi connectivity index (χ1n) is 8.02. The first kappa shape index (κ1) is 18.0. The maximum atomic E-state index is 12.3. The van der Waals surface area contributed by atoms with Gasteiger partial charge in [0.15, 0.2) is 0 Å². The minimum atomic E-state index is -0.593. The van der Waals surface area contributed by atoms with Crippen molar-refractivity contribution >= 4 is 16.9 Å². The van der Waals surface area contributed by atoms with Crippen LogP contribution in [0.2, 0.25) is 0 Å². The minimum Gasteiger partial charge on any atom is -0.508 e. The van der Waals surface area contributed by atoms with Crippen LogP contribution in [0.1, 0.15) is 31.4 Å². The molecule has 2 unspecified atom stereocenters. The zero-order valence-corrected chi connectivity index (χ0v) is 14.1. The summed E-state index contributed by atoms with van der Waals surface area (Å²) in [5, 5.41) is 22.3. The average Bonchev–Trinajstić information content (AvgIpc) is 2.55. The molecule has 130 valence electrons. The highest BCUT2D eigenvalue weighted by molar-refractivity contribution is 5.85. The van der Waals surface area contributed by atoms with Crippen molar-refractivity contribution in [3.05, 3.63) is 39.7 Å². The first-order chi connectivity index (χ1) is 11.4. The van der Waals surface area contributed by atoms with Crippen molar-refractivity contribution in [2.45, 2.75) is 39.7 Å². The highest BCUT2D eigenvalue weighted by Crippen LogP contribution is 2.23. The zero-order chi connectivity index (χ0) is 17.9. The van der Waals surface area contributed by atoms with Crippen LogP contribution in [0.4, 0.5) is 0 Å². The van der Waals surface area contributed by atoms with Crippen LogP contribution in [-0.2, 0) is 11.2 Å². The van der Waals surface area contributed by atoms with Gasteiger partial charge in [-0.25, -0.2) is 4.79 Å². The number of hydrogen-bond donors (Lipinski definition) is 3. The van der Waals surface area contributed by atoms with Crippen LogP contribution in [0.25, 0.3) is 11.0 Å². The number of phenols is 1. The Balaban J connectivity index is 2.28. The molecule has 1 aromatic carbocycles. The van der Waals surface area contributed by atoms with Crippen molar-refractivity contribution in [2.75, 3.05) is 6.61 Å². The van der Waals surface area contributed by atoms with Crippen molar-refractivity contribution in [1.82, 2.24) is 5.32 Å². The highest BCUT2D eigenvalue weighted by atomic mass is 16.4. The highest BCUT2D eigenvalue weighted by Gasteiger charge is 2.20. The third kappa shape index (κ3) is 3.76. The van der Waals surface area contributed by atoms with Crippen molar-refractivity contribution in [3.8, 4) is 5.75 Å². The second-order valence-corrected chi connectivity index (χ2v) is 6.09. The van der Waals surface area contributed by atoms with E-state index >= 15 is 0 Å². The van der Waals surface area contributed by atoms with Crippen molar-refractivity contribution in [3.63, 3.8) is 0 Å². The second kappa shape index (κ2) is 7.49. The average molecular weight is 333 g/mol. The molecule has 0 fully saturated rings. The molecular weight excluding hydrogens is 310 g/mol.